The van der Waals surface area contributed by atoms with Crippen molar-refractivity contribution in [3.05, 3.63) is 218 Å². The summed E-state index contributed by atoms with van der Waals surface area (Å²) in [4.78, 5) is 4.61. The number of nitrogens with zero attached hydrogens (tertiary/aromatic N) is 2. The molecule has 9 aromatic carbocycles. The van der Waals surface area contributed by atoms with E-state index < -0.39 is 0 Å². The van der Waals surface area contributed by atoms with E-state index in [4.69, 9.17) is 0 Å². The Morgan fingerprint density at radius 2 is 0.462 bits per heavy atom. The van der Waals surface area contributed by atoms with Gasteiger partial charge < -0.3 is 9.80 Å². The van der Waals surface area contributed by atoms with Crippen LogP contribution < -0.4 is 9.80 Å². The maximum Gasteiger partial charge on any atom is 0.0468 e. The zero-order valence-electron chi connectivity index (χ0n) is 28.7. The van der Waals surface area contributed by atoms with Crippen LogP contribution in [0.25, 0.3) is 43.8 Å². The Balaban J connectivity index is 0.980. The Morgan fingerprint density at radius 3 is 0.788 bits per heavy atom. The Bertz CT molecular complexity index is 2340. The minimum Gasteiger partial charge on any atom is -0.310 e. The van der Waals surface area contributed by atoms with E-state index in [-0.39, 0.29) is 0 Å². The van der Waals surface area contributed by atoms with E-state index in [0.29, 0.717) is 0 Å². The number of fused-ring (bicyclic) bond motifs is 2. The standard InChI is InChI=1S/C50H36N2/c1-5-13-45(14-6-1)51(46-15-7-2-8-16-46)49-31-29-41-33-39(25-27-43(41)35-49)37-21-23-38(24-22-37)40-26-28-44-36-50(32-30-42(44)34-40)52(47-17-9-3-10-18-47)48-19-11-4-12-20-48/h1-36H. The second kappa shape index (κ2) is 13.8. The summed E-state index contributed by atoms with van der Waals surface area (Å²) in [6.45, 7) is 0. The first-order valence-corrected chi connectivity index (χ1v) is 17.8. The Morgan fingerprint density at radius 1 is 0.192 bits per heavy atom. The SMILES string of the molecule is c1ccc(N(c2ccccc2)c2ccc3cc(-c4ccc(-c5ccc6cc(N(c7ccccc7)c7ccccc7)ccc6c5)cc4)ccc3c2)cc1. The average Bonchev–Trinajstić information content (AvgIpc) is 3.22. The van der Waals surface area contributed by atoms with Crippen molar-refractivity contribution in [1.82, 2.24) is 0 Å². The van der Waals surface area contributed by atoms with Crippen molar-refractivity contribution in [3.63, 3.8) is 0 Å². The lowest BCUT2D eigenvalue weighted by Crippen LogP contribution is -2.09. The number of benzene rings is 9. The molecule has 0 heterocycles. The summed E-state index contributed by atoms with van der Waals surface area (Å²) in [6.07, 6.45) is 0. The van der Waals surface area contributed by atoms with Crippen molar-refractivity contribution in [3.8, 4) is 22.3 Å². The minimum atomic E-state index is 1.14. The topological polar surface area (TPSA) is 6.48 Å². The van der Waals surface area contributed by atoms with Gasteiger partial charge in [0.05, 0.1) is 0 Å². The quantitative estimate of drug-likeness (QED) is 0.159. The van der Waals surface area contributed by atoms with E-state index in [1.807, 2.05) is 0 Å². The van der Waals surface area contributed by atoms with Gasteiger partial charge in [-0.15, -0.1) is 0 Å². The third-order valence-corrected chi connectivity index (χ3v) is 9.77. The van der Waals surface area contributed by atoms with E-state index in [0.717, 1.165) is 34.1 Å². The molecule has 0 saturated heterocycles. The van der Waals surface area contributed by atoms with Crippen LogP contribution in [0.4, 0.5) is 34.1 Å². The van der Waals surface area contributed by atoms with Crippen LogP contribution in [0, 0.1) is 0 Å². The summed E-state index contributed by atoms with van der Waals surface area (Å²) in [5, 5.41) is 4.87. The van der Waals surface area contributed by atoms with Crippen molar-refractivity contribution in [2.75, 3.05) is 9.80 Å². The summed E-state index contributed by atoms with van der Waals surface area (Å²) < 4.78 is 0. The predicted molar refractivity (Wildman–Crippen MR) is 222 cm³/mol. The van der Waals surface area contributed by atoms with Crippen molar-refractivity contribution in [2.24, 2.45) is 0 Å². The van der Waals surface area contributed by atoms with E-state index in [1.54, 1.807) is 0 Å². The molecule has 0 aliphatic heterocycles. The molecular weight excluding hydrogens is 629 g/mol. The van der Waals surface area contributed by atoms with Gasteiger partial charge in [0.25, 0.3) is 0 Å². The maximum atomic E-state index is 2.31. The highest BCUT2D eigenvalue weighted by atomic mass is 15.1. The van der Waals surface area contributed by atoms with Crippen molar-refractivity contribution in [2.45, 2.75) is 0 Å². The third kappa shape index (κ3) is 6.19. The van der Waals surface area contributed by atoms with Crippen LogP contribution in [-0.4, -0.2) is 0 Å². The van der Waals surface area contributed by atoms with Gasteiger partial charge >= 0.3 is 0 Å². The molecule has 0 aromatic heterocycles. The van der Waals surface area contributed by atoms with Gasteiger partial charge in [-0.2, -0.15) is 0 Å². The molecule has 0 fully saturated rings. The second-order valence-electron chi connectivity index (χ2n) is 13.1. The molecule has 2 heteroatoms. The fourth-order valence-electron chi connectivity index (χ4n) is 7.16. The number of para-hydroxylation sites is 4. The summed E-state index contributed by atoms with van der Waals surface area (Å²) in [7, 11) is 0. The summed E-state index contributed by atoms with van der Waals surface area (Å²) in [5.41, 5.74) is 11.7. The molecule has 52 heavy (non-hydrogen) atoms. The lowest BCUT2D eigenvalue weighted by molar-refractivity contribution is 1.29. The summed E-state index contributed by atoms with van der Waals surface area (Å²) >= 11 is 0. The van der Waals surface area contributed by atoms with Gasteiger partial charge in [-0.25, -0.2) is 0 Å². The van der Waals surface area contributed by atoms with Gasteiger partial charge in [0.2, 0.25) is 0 Å². The molecule has 9 rings (SSSR count). The fourth-order valence-corrected chi connectivity index (χ4v) is 7.16. The van der Waals surface area contributed by atoms with Crippen LogP contribution in [0.2, 0.25) is 0 Å². The molecule has 0 atom stereocenters. The van der Waals surface area contributed by atoms with Gasteiger partial charge in [-0.3, -0.25) is 0 Å². The fraction of sp³-hybridized carbons (Fsp3) is 0. The zero-order valence-corrected chi connectivity index (χ0v) is 28.7. The molecule has 0 aliphatic rings. The molecule has 9 aromatic rings. The van der Waals surface area contributed by atoms with E-state index in [2.05, 4.69) is 228 Å². The molecule has 0 bridgehead atoms. The Kier molecular flexibility index (Phi) is 8.24. The first kappa shape index (κ1) is 31.1. The Hall–Kier alpha value is -6.90. The van der Waals surface area contributed by atoms with Crippen LogP contribution >= 0.6 is 0 Å². The van der Waals surface area contributed by atoms with Gasteiger partial charge in [-0.05, 0) is 129 Å². The third-order valence-electron chi connectivity index (χ3n) is 9.77. The molecule has 2 nitrogen and oxygen atoms in total. The number of hydrogen-bond donors (Lipinski definition) is 0. The molecule has 0 saturated carbocycles. The highest BCUT2D eigenvalue weighted by Crippen LogP contribution is 2.38. The molecular formula is C50H36N2. The van der Waals surface area contributed by atoms with Crippen LogP contribution in [-0.2, 0) is 0 Å². The van der Waals surface area contributed by atoms with E-state index in [9.17, 15) is 0 Å². The molecule has 0 N–H and O–H groups in total. The zero-order chi connectivity index (χ0) is 34.7. The van der Waals surface area contributed by atoms with Crippen molar-refractivity contribution < 1.29 is 0 Å². The van der Waals surface area contributed by atoms with E-state index >= 15 is 0 Å². The predicted octanol–water partition coefficient (Wildman–Crippen LogP) is 14.3. The monoisotopic (exact) mass is 664 g/mol. The van der Waals surface area contributed by atoms with Crippen LogP contribution in [0.1, 0.15) is 0 Å². The minimum absolute atomic E-state index is 1.14. The van der Waals surface area contributed by atoms with Crippen LogP contribution in [0.5, 0.6) is 0 Å². The first-order chi connectivity index (χ1) is 25.8. The number of hydrogen-bond acceptors (Lipinski definition) is 2. The molecule has 246 valence electrons. The number of anilines is 6. The first-order valence-electron chi connectivity index (χ1n) is 17.8. The van der Waals surface area contributed by atoms with Gasteiger partial charge in [0.15, 0.2) is 0 Å². The normalized spacial score (nSPS) is 11.1. The number of rotatable bonds is 8. The molecule has 0 unspecified atom stereocenters. The van der Waals surface area contributed by atoms with Crippen LogP contribution in [0.15, 0.2) is 218 Å². The smallest absolute Gasteiger partial charge is 0.0468 e. The summed E-state index contributed by atoms with van der Waals surface area (Å²) in [6, 6.07) is 78.2. The lowest BCUT2D eigenvalue weighted by atomic mass is 9.97. The molecule has 0 radical (unpaired) electrons. The second-order valence-corrected chi connectivity index (χ2v) is 13.1. The molecule has 0 aliphatic carbocycles. The van der Waals surface area contributed by atoms with Gasteiger partial charge in [-0.1, -0.05) is 133 Å². The van der Waals surface area contributed by atoms with E-state index in [1.165, 1.54) is 43.8 Å². The largest absolute Gasteiger partial charge is 0.310 e. The molecule has 0 amide bonds. The Labute approximate surface area is 305 Å². The van der Waals surface area contributed by atoms with Gasteiger partial charge in [0.1, 0.15) is 0 Å². The lowest BCUT2D eigenvalue weighted by Gasteiger charge is -2.25. The van der Waals surface area contributed by atoms with Crippen molar-refractivity contribution in [1.29, 1.82) is 0 Å². The molecule has 0 spiro atoms. The maximum absolute atomic E-state index is 2.31. The van der Waals surface area contributed by atoms with Crippen molar-refractivity contribution >= 4 is 55.7 Å². The highest BCUT2D eigenvalue weighted by molar-refractivity contribution is 5.94. The van der Waals surface area contributed by atoms with Gasteiger partial charge in [0, 0.05) is 34.1 Å². The highest BCUT2D eigenvalue weighted by Gasteiger charge is 2.14. The van der Waals surface area contributed by atoms with Crippen LogP contribution in [0.3, 0.4) is 0 Å². The average molecular weight is 665 g/mol. The summed E-state index contributed by atoms with van der Waals surface area (Å²) in [5.74, 6) is 0.